The van der Waals surface area contributed by atoms with Crippen molar-refractivity contribution in [1.29, 1.82) is 0 Å². The maximum atomic E-state index is 12.6. The number of carbonyl (C=O) groups excluding carboxylic acids is 2. The number of hydrogen-bond acceptors (Lipinski definition) is 4. The molecule has 1 N–H and O–H groups in total. The van der Waals surface area contributed by atoms with Crippen molar-refractivity contribution in [3.8, 4) is 0 Å². The molecular formula is C19H21N3O2S. The second-order valence-corrected chi connectivity index (χ2v) is 7.34. The van der Waals surface area contributed by atoms with Gasteiger partial charge in [-0.3, -0.25) is 14.3 Å². The lowest BCUT2D eigenvalue weighted by atomic mass is 9.96. The lowest BCUT2D eigenvalue weighted by Crippen LogP contribution is -2.21. The average Bonchev–Trinajstić information content (AvgIpc) is 3.24. The van der Waals surface area contributed by atoms with Crippen LogP contribution in [0.25, 0.3) is 0 Å². The fourth-order valence-electron chi connectivity index (χ4n) is 2.81. The average molecular weight is 355 g/mol. The molecule has 0 saturated carbocycles. The first-order chi connectivity index (χ1) is 12.0. The van der Waals surface area contributed by atoms with Crippen LogP contribution in [0.1, 0.15) is 40.9 Å². The van der Waals surface area contributed by atoms with Gasteiger partial charge in [-0.15, -0.1) is 11.8 Å². The largest absolute Gasteiger partial charge is 0.310 e. The van der Waals surface area contributed by atoms with E-state index in [1.807, 2.05) is 55.7 Å². The maximum absolute atomic E-state index is 12.6. The molecular weight excluding hydrogens is 334 g/mol. The van der Waals surface area contributed by atoms with Crippen molar-refractivity contribution < 1.29 is 9.59 Å². The standard InChI is InChI=1S/C19H21N3O2S/c1-12-10-17(22(3)21-12)20-19(24)13(2)14-6-4-7-15(11-14)18(23)16-8-5-9-25-16/h4-7,9-11,13,16H,8H2,1-3H3,(H,20,24). The monoisotopic (exact) mass is 355 g/mol. The van der Waals surface area contributed by atoms with E-state index >= 15 is 0 Å². The molecule has 0 bridgehead atoms. The van der Waals surface area contributed by atoms with Crippen molar-refractivity contribution in [3.63, 3.8) is 0 Å². The van der Waals surface area contributed by atoms with Crippen LogP contribution in [0.4, 0.5) is 5.82 Å². The Labute approximate surface area is 151 Å². The second-order valence-electron chi connectivity index (χ2n) is 6.23. The number of rotatable bonds is 5. The SMILES string of the molecule is Cc1cc(NC(=O)C(C)c2cccc(C(=O)C3CC=CS3)c2)n(C)n1. The van der Waals surface area contributed by atoms with Gasteiger partial charge in [0.15, 0.2) is 5.78 Å². The van der Waals surface area contributed by atoms with Crippen LogP contribution in [0.2, 0.25) is 0 Å². The second kappa shape index (κ2) is 7.27. The molecule has 0 fully saturated rings. The van der Waals surface area contributed by atoms with E-state index in [4.69, 9.17) is 0 Å². The van der Waals surface area contributed by atoms with Gasteiger partial charge in [0.1, 0.15) is 5.82 Å². The summed E-state index contributed by atoms with van der Waals surface area (Å²) in [5.74, 6) is 0.295. The highest BCUT2D eigenvalue weighted by Gasteiger charge is 2.23. The molecule has 1 aliphatic rings. The molecule has 130 valence electrons. The number of Topliss-reactive ketones (excluding diaryl/α,β-unsaturated/α-hetero) is 1. The van der Waals surface area contributed by atoms with E-state index in [-0.39, 0.29) is 22.9 Å². The Morgan fingerprint density at radius 1 is 1.36 bits per heavy atom. The lowest BCUT2D eigenvalue weighted by Gasteiger charge is -2.14. The number of amides is 1. The summed E-state index contributed by atoms with van der Waals surface area (Å²) in [4.78, 5) is 25.1. The van der Waals surface area contributed by atoms with Crippen LogP contribution < -0.4 is 5.32 Å². The van der Waals surface area contributed by atoms with E-state index in [1.54, 1.807) is 23.5 Å². The summed E-state index contributed by atoms with van der Waals surface area (Å²) >= 11 is 1.55. The Morgan fingerprint density at radius 3 is 2.80 bits per heavy atom. The van der Waals surface area contributed by atoms with Crippen molar-refractivity contribution in [3.05, 3.63) is 58.6 Å². The Morgan fingerprint density at radius 2 is 2.16 bits per heavy atom. The number of hydrogen-bond donors (Lipinski definition) is 1. The van der Waals surface area contributed by atoms with Crippen molar-refractivity contribution in [1.82, 2.24) is 9.78 Å². The summed E-state index contributed by atoms with van der Waals surface area (Å²) in [7, 11) is 1.79. The number of aryl methyl sites for hydroxylation is 2. The van der Waals surface area contributed by atoms with Crippen molar-refractivity contribution in [2.75, 3.05) is 5.32 Å². The van der Waals surface area contributed by atoms with Crippen molar-refractivity contribution in [2.24, 2.45) is 7.05 Å². The van der Waals surface area contributed by atoms with E-state index in [9.17, 15) is 9.59 Å². The summed E-state index contributed by atoms with van der Waals surface area (Å²) in [6, 6.07) is 9.21. The molecule has 1 aliphatic heterocycles. The molecule has 0 radical (unpaired) electrons. The third-order valence-corrected chi connectivity index (χ3v) is 5.38. The number of aromatic nitrogens is 2. The third kappa shape index (κ3) is 3.85. The molecule has 25 heavy (non-hydrogen) atoms. The molecule has 2 atom stereocenters. The van der Waals surface area contributed by atoms with Gasteiger partial charge >= 0.3 is 0 Å². The Bertz CT molecular complexity index is 833. The first-order valence-electron chi connectivity index (χ1n) is 8.22. The molecule has 1 aromatic carbocycles. The normalized spacial score (nSPS) is 17.5. The van der Waals surface area contributed by atoms with Gasteiger partial charge in [0.2, 0.25) is 5.91 Å². The highest BCUT2D eigenvalue weighted by atomic mass is 32.2. The molecule has 1 aromatic heterocycles. The van der Waals surface area contributed by atoms with Gasteiger partial charge in [0.25, 0.3) is 0 Å². The molecule has 5 nitrogen and oxygen atoms in total. The van der Waals surface area contributed by atoms with Crippen LogP contribution in [0.3, 0.4) is 0 Å². The summed E-state index contributed by atoms with van der Waals surface area (Å²) in [6.45, 7) is 3.72. The highest BCUT2D eigenvalue weighted by molar-refractivity contribution is 8.03. The van der Waals surface area contributed by atoms with Crippen LogP contribution in [0.15, 0.2) is 41.8 Å². The predicted octanol–water partition coefficient (Wildman–Crippen LogP) is 3.67. The van der Waals surface area contributed by atoms with Gasteiger partial charge in [-0.1, -0.05) is 24.3 Å². The van der Waals surface area contributed by atoms with Gasteiger partial charge in [-0.25, -0.2) is 0 Å². The summed E-state index contributed by atoms with van der Waals surface area (Å²) in [6.07, 6.45) is 2.78. The molecule has 2 unspecified atom stereocenters. The minimum atomic E-state index is -0.364. The molecule has 2 heterocycles. The molecule has 0 saturated heterocycles. The minimum Gasteiger partial charge on any atom is -0.310 e. The topological polar surface area (TPSA) is 64.0 Å². The van der Waals surface area contributed by atoms with Gasteiger partial charge in [0.05, 0.1) is 16.9 Å². The van der Waals surface area contributed by atoms with Crippen LogP contribution in [-0.4, -0.2) is 26.7 Å². The molecule has 0 spiro atoms. The zero-order valence-corrected chi connectivity index (χ0v) is 15.3. The Kier molecular flexibility index (Phi) is 5.08. The quantitative estimate of drug-likeness (QED) is 0.831. The van der Waals surface area contributed by atoms with Gasteiger partial charge < -0.3 is 5.32 Å². The number of carbonyl (C=O) groups is 2. The summed E-state index contributed by atoms with van der Waals surface area (Å²) in [5.41, 5.74) is 2.34. The number of nitrogens with one attached hydrogen (secondary N) is 1. The fraction of sp³-hybridized carbons (Fsp3) is 0.316. The Hall–Kier alpha value is -2.34. The number of thioether (sulfide) groups is 1. The predicted molar refractivity (Wildman–Crippen MR) is 101 cm³/mol. The first-order valence-corrected chi connectivity index (χ1v) is 9.16. The Balaban J connectivity index is 1.74. The molecule has 1 amide bonds. The smallest absolute Gasteiger partial charge is 0.232 e. The van der Waals surface area contributed by atoms with Crippen LogP contribution >= 0.6 is 11.8 Å². The van der Waals surface area contributed by atoms with Gasteiger partial charge in [-0.2, -0.15) is 5.10 Å². The van der Waals surface area contributed by atoms with Crippen LogP contribution in [0, 0.1) is 6.92 Å². The molecule has 3 rings (SSSR count). The fourth-order valence-corrected chi connectivity index (χ4v) is 3.71. The number of allylic oxidation sites excluding steroid dienone is 1. The van der Waals surface area contributed by atoms with Crippen LogP contribution in [-0.2, 0) is 11.8 Å². The van der Waals surface area contributed by atoms with Crippen molar-refractivity contribution in [2.45, 2.75) is 31.4 Å². The van der Waals surface area contributed by atoms with E-state index in [1.165, 1.54) is 0 Å². The van der Waals surface area contributed by atoms with E-state index in [0.29, 0.717) is 11.4 Å². The third-order valence-electron chi connectivity index (χ3n) is 4.30. The minimum absolute atomic E-state index is 0.0446. The highest BCUT2D eigenvalue weighted by Crippen LogP contribution is 2.28. The van der Waals surface area contributed by atoms with Crippen LogP contribution in [0.5, 0.6) is 0 Å². The number of anilines is 1. The molecule has 0 aliphatic carbocycles. The van der Waals surface area contributed by atoms with E-state index in [0.717, 1.165) is 17.7 Å². The summed E-state index contributed by atoms with van der Waals surface area (Å²) in [5, 5.41) is 9.05. The van der Waals surface area contributed by atoms with Gasteiger partial charge in [-0.05, 0) is 37.3 Å². The molecule has 6 heteroatoms. The zero-order valence-electron chi connectivity index (χ0n) is 14.5. The number of benzene rings is 1. The van der Waals surface area contributed by atoms with E-state index < -0.39 is 0 Å². The van der Waals surface area contributed by atoms with Crippen molar-refractivity contribution >= 4 is 29.3 Å². The van der Waals surface area contributed by atoms with Gasteiger partial charge in [0, 0.05) is 18.7 Å². The first kappa shape index (κ1) is 17.5. The number of nitrogens with zero attached hydrogens (tertiary/aromatic N) is 2. The molecule has 2 aromatic rings. The maximum Gasteiger partial charge on any atom is 0.232 e. The van der Waals surface area contributed by atoms with E-state index in [2.05, 4.69) is 10.4 Å². The lowest BCUT2D eigenvalue weighted by molar-refractivity contribution is -0.117. The summed E-state index contributed by atoms with van der Waals surface area (Å²) < 4.78 is 1.64. The number of ketones is 1. The zero-order chi connectivity index (χ0) is 18.0.